The summed E-state index contributed by atoms with van der Waals surface area (Å²) in [4.78, 5) is 19.6. The molecule has 1 unspecified atom stereocenters. The number of nitrogens with zero attached hydrogens (tertiary/aromatic N) is 3. The molecular weight excluding hydrogens is 386 g/mol. The summed E-state index contributed by atoms with van der Waals surface area (Å²) in [5.74, 6) is 2.26. The van der Waals surface area contributed by atoms with Gasteiger partial charge in [-0.15, -0.1) is 0 Å². The van der Waals surface area contributed by atoms with Crippen molar-refractivity contribution in [1.29, 1.82) is 0 Å². The third-order valence-electron chi connectivity index (χ3n) is 5.22. The average molecular weight is 409 g/mol. The van der Waals surface area contributed by atoms with Crippen molar-refractivity contribution in [2.24, 2.45) is 0 Å². The fourth-order valence-electron chi connectivity index (χ4n) is 3.79. The van der Waals surface area contributed by atoms with E-state index in [0.717, 1.165) is 18.4 Å². The van der Waals surface area contributed by atoms with Gasteiger partial charge in [-0.2, -0.15) is 4.98 Å². The monoisotopic (exact) mass is 409 g/mol. The lowest BCUT2D eigenvalue weighted by molar-refractivity contribution is 0.0706. The number of ether oxygens (including phenoxy) is 3. The molecule has 2 aromatic carbocycles. The van der Waals surface area contributed by atoms with Crippen LogP contribution in [0.15, 0.2) is 47.0 Å². The lowest BCUT2D eigenvalue weighted by atomic mass is 10.1. The quantitative estimate of drug-likeness (QED) is 0.613. The van der Waals surface area contributed by atoms with Crippen molar-refractivity contribution in [3.05, 3.63) is 53.9 Å². The van der Waals surface area contributed by atoms with Crippen molar-refractivity contribution in [1.82, 2.24) is 15.0 Å². The van der Waals surface area contributed by atoms with Gasteiger partial charge in [-0.05, 0) is 37.1 Å². The molecule has 1 amide bonds. The molecule has 1 atom stereocenters. The Bertz CT molecular complexity index is 1050. The second-order valence-corrected chi connectivity index (χ2v) is 6.85. The molecule has 2 heterocycles. The summed E-state index contributed by atoms with van der Waals surface area (Å²) >= 11 is 0. The highest BCUT2D eigenvalue weighted by Crippen LogP contribution is 2.37. The molecule has 30 heavy (non-hydrogen) atoms. The maximum absolute atomic E-state index is 13.3. The number of carbonyl (C=O) groups excluding carboxylic acids is 1. The van der Waals surface area contributed by atoms with Crippen LogP contribution in [0.2, 0.25) is 0 Å². The molecule has 1 saturated heterocycles. The van der Waals surface area contributed by atoms with Gasteiger partial charge in [0.2, 0.25) is 11.7 Å². The first-order valence-corrected chi connectivity index (χ1v) is 9.67. The summed E-state index contributed by atoms with van der Waals surface area (Å²) in [5.41, 5.74) is 1.17. The smallest absolute Gasteiger partial charge is 0.258 e. The topological polar surface area (TPSA) is 86.9 Å². The van der Waals surface area contributed by atoms with Gasteiger partial charge in [0, 0.05) is 6.54 Å². The largest absolute Gasteiger partial charge is 0.496 e. The van der Waals surface area contributed by atoms with E-state index in [-0.39, 0.29) is 11.9 Å². The van der Waals surface area contributed by atoms with Crippen LogP contribution in [0.5, 0.6) is 17.2 Å². The second-order valence-electron chi connectivity index (χ2n) is 6.85. The molecule has 1 fully saturated rings. The normalized spacial score (nSPS) is 15.8. The number of methoxy groups -OCH3 is 3. The maximum Gasteiger partial charge on any atom is 0.258 e. The van der Waals surface area contributed by atoms with Crippen molar-refractivity contribution < 1.29 is 23.5 Å². The van der Waals surface area contributed by atoms with Gasteiger partial charge in [0.05, 0.1) is 32.5 Å². The number of carbonyl (C=O) groups is 1. The average Bonchev–Trinajstić information content (AvgIpc) is 3.47. The van der Waals surface area contributed by atoms with Crippen LogP contribution in [0.1, 0.15) is 35.1 Å². The van der Waals surface area contributed by atoms with Crippen LogP contribution in [0.3, 0.4) is 0 Å². The lowest BCUT2D eigenvalue weighted by Crippen LogP contribution is -2.31. The Morgan fingerprint density at radius 1 is 1.03 bits per heavy atom. The number of benzene rings is 2. The van der Waals surface area contributed by atoms with E-state index in [0.29, 0.717) is 41.1 Å². The van der Waals surface area contributed by atoms with E-state index in [4.69, 9.17) is 18.7 Å². The molecule has 0 spiro atoms. The molecule has 0 aliphatic carbocycles. The Kier molecular flexibility index (Phi) is 5.56. The van der Waals surface area contributed by atoms with Crippen LogP contribution in [0.25, 0.3) is 11.4 Å². The van der Waals surface area contributed by atoms with Crippen molar-refractivity contribution in [3.63, 3.8) is 0 Å². The Morgan fingerprint density at radius 2 is 1.80 bits per heavy atom. The van der Waals surface area contributed by atoms with Gasteiger partial charge in [0.1, 0.15) is 11.8 Å². The van der Waals surface area contributed by atoms with Gasteiger partial charge in [0.25, 0.3) is 5.91 Å². The van der Waals surface area contributed by atoms with E-state index in [9.17, 15) is 4.79 Å². The molecule has 8 heteroatoms. The van der Waals surface area contributed by atoms with Crippen LogP contribution in [-0.4, -0.2) is 48.8 Å². The van der Waals surface area contributed by atoms with E-state index in [1.165, 1.54) is 7.11 Å². The fourth-order valence-corrected chi connectivity index (χ4v) is 3.79. The molecule has 4 rings (SSSR count). The van der Waals surface area contributed by atoms with E-state index in [2.05, 4.69) is 10.1 Å². The van der Waals surface area contributed by atoms with Crippen molar-refractivity contribution in [2.75, 3.05) is 27.9 Å². The third kappa shape index (κ3) is 3.45. The standard InChI is InChI=1S/C22H23N3O5/c1-27-17-11-5-4-8-14(17)20-23-21(30-24-20)16-10-7-13-25(16)22(26)15-9-6-12-18(28-2)19(15)29-3/h4-6,8-9,11-12,16H,7,10,13H2,1-3H3. The molecule has 8 nitrogen and oxygen atoms in total. The zero-order valence-corrected chi connectivity index (χ0v) is 17.1. The highest BCUT2D eigenvalue weighted by molar-refractivity contribution is 5.98. The van der Waals surface area contributed by atoms with Gasteiger partial charge in [-0.1, -0.05) is 23.4 Å². The summed E-state index contributed by atoms with van der Waals surface area (Å²) in [7, 11) is 4.66. The number of hydrogen-bond donors (Lipinski definition) is 0. The highest BCUT2D eigenvalue weighted by Gasteiger charge is 2.36. The minimum absolute atomic E-state index is 0.162. The van der Waals surface area contributed by atoms with Crippen LogP contribution in [-0.2, 0) is 0 Å². The number of hydrogen-bond acceptors (Lipinski definition) is 7. The number of para-hydroxylation sites is 2. The zero-order chi connectivity index (χ0) is 21.1. The third-order valence-corrected chi connectivity index (χ3v) is 5.22. The van der Waals surface area contributed by atoms with E-state index in [1.54, 1.807) is 37.3 Å². The Balaban J connectivity index is 1.64. The highest BCUT2D eigenvalue weighted by atomic mass is 16.5. The van der Waals surface area contributed by atoms with Crippen LogP contribution in [0.4, 0.5) is 0 Å². The molecular formula is C22H23N3O5. The molecule has 0 bridgehead atoms. The fraction of sp³-hybridized carbons (Fsp3) is 0.318. The molecule has 3 aromatic rings. The summed E-state index contributed by atoms with van der Waals surface area (Å²) < 4.78 is 21.7. The minimum Gasteiger partial charge on any atom is -0.496 e. The van der Waals surface area contributed by atoms with Crippen LogP contribution < -0.4 is 14.2 Å². The van der Waals surface area contributed by atoms with E-state index >= 15 is 0 Å². The molecule has 0 saturated carbocycles. The van der Waals surface area contributed by atoms with Gasteiger partial charge in [-0.25, -0.2) is 0 Å². The molecule has 156 valence electrons. The molecule has 0 radical (unpaired) electrons. The van der Waals surface area contributed by atoms with Crippen LogP contribution in [0, 0.1) is 0 Å². The molecule has 1 aliphatic heterocycles. The second kappa shape index (κ2) is 8.44. The molecule has 1 aliphatic rings. The number of likely N-dealkylation sites (tertiary alicyclic amines) is 1. The SMILES string of the molecule is COc1ccccc1-c1noc(C2CCCN2C(=O)c2cccc(OC)c2OC)n1. The molecule has 1 aromatic heterocycles. The first-order valence-electron chi connectivity index (χ1n) is 9.67. The minimum atomic E-state index is -0.302. The van der Waals surface area contributed by atoms with Crippen molar-refractivity contribution >= 4 is 5.91 Å². The zero-order valence-electron chi connectivity index (χ0n) is 17.1. The lowest BCUT2D eigenvalue weighted by Gasteiger charge is -2.23. The summed E-state index contributed by atoms with van der Waals surface area (Å²) in [5, 5.41) is 4.12. The number of aromatic nitrogens is 2. The Labute approximate surface area is 174 Å². The summed E-state index contributed by atoms with van der Waals surface area (Å²) in [6.07, 6.45) is 1.58. The maximum atomic E-state index is 13.3. The predicted octanol–water partition coefficient (Wildman–Crippen LogP) is 3.74. The van der Waals surface area contributed by atoms with Gasteiger partial charge in [-0.3, -0.25) is 4.79 Å². The summed E-state index contributed by atoms with van der Waals surface area (Å²) in [6, 6.07) is 12.4. The predicted molar refractivity (Wildman–Crippen MR) is 109 cm³/mol. The van der Waals surface area contributed by atoms with E-state index in [1.807, 2.05) is 24.3 Å². The van der Waals surface area contributed by atoms with Gasteiger partial charge in [0.15, 0.2) is 11.5 Å². The number of rotatable bonds is 6. The Hall–Kier alpha value is -3.55. The first kappa shape index (κ1) is 19.8. The first-order chi connectivity index (χ1) is 14.7. The van der Waals surface area contributed by atoms with E-state index < -0.39 is 0 Å². The number of amides is 1. The van der Waals surface area contributed by atoms with Crippen LogP contribution >= 0.6 is 0 Å². The summed E-state index contributed by atoms with van der Waals surface area (Å²) in [6.45, 7) is 0.593. The van der Waals surface area contributed by atoms with Crippen molar-refractivity contribution in [2.45, 2.75) is 18.9 Å². The van der Waals surface area contributed by atoms with Gasteiger partial charge >= 0.3 is 0 Å². The van der Waals surface area contributed by atoms with Gasteiger partial charge < -0.3 is 23.6 Å². The molecule has 0 N–H and O–H groups in total. The van der Waals surface area contributed by atoms with Crippen molar-refractivity contribution in [3.8, 4) is 28.6 Å². The Morgan fingerprint density at radius 3 is 2.57 bits per heavy atom.